The molecule has 1 fully saturated rings. The number of anilines is 1. The van der Waals surface area contributed by atoms with E-state index >= 15 is 0 Å². The molecule has 1 unspecified atom stereocenters. The van der Waals surface area contributed by atoms with Gasteiger partial charge in [0.2, 0.25) is 5.91 Å². The first-order valence-electron chi connectivity index (χ1n) is 7.29. The minimum Gasteiger partial charge on any atom is -0.387 e. The van der Waals surface area contributed by atoms with Crippen LogP contribution in [0.1, 0.15) is 44.4 Å². The average Bonchev–Trinajstić information content (AvgIpc) is 2.53. The van der Waals surface area contributed by atoms with Crippen molar-refractivity contribution in [1.82, 2.24) is 10.3 Å². The highest BCUT2D eigenvalue weighted by atomic mass is 16.3. The van der Waals surface area contributed by atoms with Crippen molar-refractivity contribution in [1.29, 1.82) is 0 Å². The Hall–Kier alpha value is -1.62. The van der Waals surface area contributed by atoms with Gasteiger partial charge in [0, 0.05) is 13.6 Å². The van der Waals surface area contributed by atoms with Gasteiger partial charge in [-0.05, 0) is 37.8 Å². The fourth-order valence-corrected chi connectivity index (χ4v) is 2.65. The van der Waals surface area contributed by atoms with E-state index in [1.165, 1.54) is 0 Å². The van der Waals surface area contributed by atoms with Gasteiger partial charge in [-0.15, -0.1) is 0 Å². The molecule has 2 N–H and O–H groups in total. The summed E-state index contributed by atoms with van der Waals surface area (Å²) in [5.74, 6) is 0.0577. The number of aliphatic hydroxyl groups is 1. The summed E-state index contributed by atoms with van der Waals surface area (Å²) in [7, 11) is 1.67. The lowest BCUT2D eigenvalue weighted by Crippen LogP contribution is -2.48. The van der Waals surface area contributed by atoms with Gasteiger partial charge in [-0.1, -0.05) is 6.92 Å². The molecule has 2 rings (SSSR count). The molecule has 0 aromatic carbocycles. The molecular formula is C15H23N3O2. The van der Waals surface area contributed by atoms with Crippen LogP contribution in [-0.2, 0) is 4.79 Å². The molecule has 5 heteroatoms. The number of hydrogen-bond donors (Lipinski definition) is 2. The zero-order valence-corrected chi connectivity index (χ0v) is 12.2. The molecule has 1 aromatic rings. The third-order valence-corrected chi connectivity index (χ3v) is 3.88. The van der Waals surface area contributed by atoms with Crippen molar-refractivity contribution < 1.29 is 9.90 Å². The highest BCUT2D eigenvalue weighted by molar-refractivity contribution is 5.85. The van der Waals surface area contributed by atoms with E-state index in [-0.39, 0.29) is 11.9 Å². The van der Waals surface area contributed by atoms with Crippen LogP contribution in [-0.4, -0.2) is 35.6 Å². The predicted octanol–water partition coefficient (Wildman–Crippen LogP) is 1.63. The number of nitrogens with one attached hydrogen (secondary N) is 1. The van der Waals surface area contributed by atoms with Gasteiger partial charge in [0.15, 0.2) is 0 Å². The number of hydrogen-bond acceptors (Lipinski definition) is 4. The lowest BCUT2D eigenvalue weighted by atomic mass is 10.0. The number of amides is 1. The fraction of sp³-hybridized carbons (Fsp3) is 0.600. The highest BCUT2D eigenvalue weighted by Gasteiger charge is 2.28. The van der Waals surface area contributed by atoms with Crippen LogP contribution in [0.5, 0.6) is 0 Å². The number of piperidine rings is 1. The van der Waals surface area contributed by atoms with Crippen LogP contribution in [0.3, 0.4) is 0 Å². The second kappa shape index (κ2) is 6.70. The standard InChI is InChI=1S/C15H23N3O2/c1-3-14(19)12-8-7-11(10-17-12)18-9-5-4-6-13(18)15(20)16-2/h7-8,10,13-14,19H,3-6,9H2,1-2H3,(H,16,20)/t13?,14-/m1/s1. The topological polar surface area (TPSA) is 65.5 Å². The molecule has 1 saturated heterocycles. The number of rotatable bonds is 4. The molecule has 0 spiro atoms. The summed E-state index contributed by atoms with van der Waals surface area (Å²) in [6, 6.07) is 3.68. The van der Waals surface area contributed by atoms with Crippen LogP contribution in [0.4, 0.5) is 5.69 Å². The van der Waals surface area contributed by atoms with Crippen LogP contribution in [0, 0.1) is 0 Å². The second-order valence-corrected chi connectivity index (χ2v) is 5.18. The fourth-order valence-electron chi connectivity index (χ4n) is 2.65. The second-order valence-electron chi connectivity index (χ2n) is 5.18. The summed E-state index contributed by atoms with van der Waals surface area (Å²) in [5, 5.41) is 12.5. The number of nitrogens with zero attached hydrogens (tertiary/aromatic N) is 2. The highest BCUT2D eigenvalue weighted by Crippen LogP contribution is 2.25. The van der Waals surface area contributed by atoms with E-state index in [9.17, 15) is 9.90 Å². The molecule has 110 valence electrons. The Morgan fingerprint density at radius 1 is 1.55 bits per heavy atom. The van der Waals surface area contributed by atoms with Gasteiger partial charge in [-0.2, -0.15) is 0 Å². The van der Waals surface area contributed by atoms with Crippen molar-refractivity contribution >= 4 is 11.6 Å². The van der Waals surface area contributed by atoms with Gasteiger partial charge < -0.3 is 15.3 Å². The maximum atomic E-state index is 12.0. The van der Waals surface area contributed by atoms with E-state index in [1.54, 1.807) is 13.2 Å². The largest absolute Gasteiger partial charge is 0.387 e. The summed E-state index contributed by atoms with van der Waals surface area (Å²) >= 11 is 0. The van der Waals surface area contributed by atoms with Crippen LogP contribution >= 0.6 is 0 Å². The molecule has 1 amide bonds. The molecule has 2 heterocycles. The number of pyridine rings is 1. The molecule has 0 bridgehead atoms. The molecular weight excluding hydrogens is 254 g/mol. The summed E-state index contributed by atoms with van der Waals surface area (Å²) in [6.45, 7) is 2.79. The zero-order valence-electron chi connectivity index (χ0n) is 12.2. The SMILES string of the molecule is CC[C@@H](O)c1ccc(N2CCCCC2C(=O)NC)cn1. The van der Waals surface area contributed by atoms with Crippen LogP contribution < -0.4 is 10.2 Å². The minimum absolute atomic E-state index is 0.0577. The predicted molar refractivity (Wildman–Crippen MR) is 78.5 cm³/mol. The van der Waals surface area contributed by atoms with Gasteiger partial charge in [0.25, 0.3) is 0 Å². The number of carbonyl (C=O) groups is 1. The number of aliphatic hydroxyl groups excluding tert-OH is 1. The number of carbonyl (C=O) groups excluding carboxylic acids is 1. The van der Waals surface area contributed by atoms with Crippen LogP contribution in [0.25, 0.3) is 0 Å². The van der Waals surface area contributed by atoms with E-state index in [4.69, 9.17) is 0 Å². The molecule has 1 aliphatic rings. The Balaban J connectivity index is 2.17. The molecule has 2 atom stereocenters. The van der Waals surface area contributed by atoms with Gasteiger partial charge in [0.05, 0.1) is 23.7 Å². The average molecular weight is 277 g/mol. The third kappa shape index (κ3) is 3.10. The Morgan fingerprint density at radius 3 is 2.95 bits per heavy atom. The zero-order chi connectivity index (χ0) is 14.5. The Kier molecular flexibility index (Phi) is 4.95. The van der Waals surface area contributed by atoms with Crippen molar-refractivity contribution in [2.45, 2.75) is 44.8 Å². The minimum atomic E-state index is -0.514. The van der Waals surface area contributed by atoms with Gasteiger partial charge >= 0.3 is 0 Å². The van der Waals surface area contributed by atoms with Crippen LogP contribution in [0.2, 0.25) is 0 Å². The maximum Gasteiger partial charge on any atom is 0.242 e. The number of likely N-dealkylation sites (N-methyl/N-ethyl adjacent to an activating group) is 1. The molecule has 20 heavy (non-hydrogen) atoms. The first-order valence-corrected chi connectivity index (χ1v) is 7.29. The summed E-state index contributed by atoms with van der Waals surface area (Å²) in [6.07, 6.45) is 4.94. The normalized spacial score (nSPS) is 20.6. The van der Waals surface area contributed by atoms with Crippen LogP contribution in [0.15, 0.2) is 18.3 Å². The Morgan fingerprint density at radius 2 is 2.35 bits per heavy atom. The van der Waals surface area contributed by atoms with Crippen molar-refractivity contribution in [2.24, 2.45) is 0 Å². The van der Waals surface area contributed by atoms with Crippen molar-refractivity contribution in [3.63, 3.8) is 0 Å². The molecule has 0 aliphatic carbocycles. The van der Waals surface area contributed by atoms with E-state index in [1.807, 2.05) is 19.1 Å². The van der Waals surface area contributed by atoms with Crippen molar-refractivity contribution in [3.05, 3.63) is 24.0 Å². The summed E-state index contributed by atoms with van der Waals surface area (Å²) < 4.78 is 0. The summed E-state index contributed by atoms with van der Waals surface area (Å²) in [5.41, 5.74) is 1.63. The molecule has 1 aliphatic heterocycles. The smallest absolute Gasteiger partial charge is 0.242 e. The monoisotopic (exact) mass is 277 g/mol. The van der Waals surface area contributed by atoms with Gasteiger partial charge in [0.1, 0.15) is 6.04 Å². The lowest BCUT2D eigenvalue weighted by molar-refractivity contribution is -0.122. The Labute approximate surface area is 120 Å². The first-order chi connectivity index (χ1) is 9.67. The Bertz CT molecular complexity index is 447. The van der Waals surface area contributed by atoms with Gasteiger partial charge in [-0.25, -0.2) is 0 Å². The molecule has 1 aromatic heterocycles. The molecule has 5 nitrogen and oxygen atoms in total. The van der Waals surface area contributed by atoms with E-state index in [2.05, 4.69) is 15.2 Å². The number of aromatic nitrogens is 1. The van der Waals surface area contributed by atoms with Crippen molar-refractivity contribution in [3.8, 4) is 0 Å². The first kappa shape index (κ1) is 14.8. The maximum absolute atomic E-state index is 12.0. The van der Waals surface area contributed by atoms with Gasteiger partial charge in [-0.3, -0.25) is 9.78 Å². The summed E-state index contributed by atoms with van der Waals surface area (Å²) in [4.78, 5) is 18.4. The quantitative estimate of drug-likeness (QED) is 0.878. The molecule has 0 radical (unpaired) electrons. The van der Waals surface area contributed by atoms with E-state index in [0.717, 1.165) is 31.5 Å². The van der Waals surface area contributed by atoms with Crippen molar-refractivity contribution in [2.75, 3.05) is 18.5 Å². The molecule has 0 saturated carbocycles. The third-order valence-electron chi connectivity index (χ3n) is 3.88. The lowest BCUT2D eigenvalue weighted by Gasteiger charge is -2.36. The van der Waals surface area contributed by atoms with E-state index in [0.29, 0.717) is 12.1 Å². The van der Waals surface area contributed by atoms with E-state index < -0.39 is 6.10 Å².